The highest BCUT2D eigenvalue weighted by Crippen LogP contribution is 2.39. The minimum atomic E-state index is -0.363. The average molecular weight is 540 g/mol. The Morgan fingerprint density at radius 3 is 2.92 bits per heavy atom. The largest absolute Gasteiger partial charge is 0.461 e. The Kier molecular flexibility index (Phi) is 13.3. The van der Waals surface area contributed by atoms with Crippen LogP contribution in [0.25, 0.3) is 0 Å². The topological polar surface area (TPSA) is 68.7 Å². The summed E-state index contributed by atoms with van der Waals surface area (Å²) in [7, 11) is 1.69. The molecule has 1 N–H and O–H groups in total. The number of alkyl halides is 1. The lowest BCUT2D eigenvalue weighted by atomic mass is 9.94. The molecule has 2 rings (SSSR count). The van der Waals surface area contributed by atoms with Gasteiger partial charge in [0.15, 0.2) is 10.0 Å². The Labute approximate surface area is 177 Å². The Bertz CT molecular complexity index is 510. The lowest BCUT2D eigenvalue weighted by Gasteiger charge is -2.19. The van der Waals surface area contributed by atoms with Crippen LogP contribution in [0.15, 0.2) is 9.72 Å². The molecule has 0 bridgehead atoms. The maximum absolute atomic E-state index is 11.5. The van der Waals surface area contributed by atoms with E-state index in [1.165, 1.54) is 11.3 Å². The van der Waals surface area contributed by atoms with Crippen molar-refractivity contribution in [3.05, 3.63) is 11.1 Å². The summed E-state index contributed by atoms with van der Waals surface area (Å²) in [4.78, 5) is 15.8. The van der Waals surface area contributed by atoms with Crippen LogP contribution in [0, 0.1) is 11.8 Å². The van der Waals surface area contributed by atoms with E-state index in [2.05, 4.69) is 31.5 Å². The summed E-state index contributed by atoms with van der Waals surface area (Å²) in [6, 6.07) is 0. The van der Waals surface area contributed by atoms with Gasteiger partial charge in [-0.25, -0.2) is 9.78 Å². The lowest BCUT2D eigenvalue weighted by Crippen LogP contribution is -2.18. The third kappa shape index (κ3) is 8.58. The Hall–Kier alpha value is 0.820. The Morgan fingerprint density at radius 1 is 1.60 bits per heavy atom. The number of hydrogen-bond donors (Lipinski definition) is 1. The monoisotopic (exact) mass is 539 g/mol. The molecule has 1 aromatic heterocycles. The van der Waals surface area contributed by atoms with Crippen molar-refractivity contribution in [3.63, 3.8) is 0 Å². The molecule has 25 heavy (non-hydrogen) atoms. The molecule has 1 aliphatic rings. The number of halogens is 2. The van der Waals surface area contributed by atoms with Crippen molar-refractivity contribution >= 4 is 69.2 Å². The average Bonchev–Trinajstić information content (AvgIpc) is 3.23. The number of aliphatic hydroxyl groups is 1. The molecule has 0 aromatic carbocycles. The summed E-state index contributed by atoms with van der Waals surface area (Å²) in [6.45, 7) is 2.98. The standard InChI is InChI=1S/C14H20ClNO3S2.CH4IOP/c1-2-19-13(18)12-8-21-14(16-12)20-6-5-10-9(7-17)3-4-11(10)15;1-3-4-2/h8-11,17H,2-7H2,1H3;4H,1H3. The summed E-state index contributed by atoms with van der Waals surface area (Å²) in [5.41, 5.74) is 0.383. The summed E-state index contributed by atoms with van der Waals surface area (Å²) < 4.78 is 10.4. The normalized spacial score (nSPS) is 22.8. The zero-order valence-electron chi connectivity index (χ0n) is 14.2. The third-order valence-electron chi connectivity index (χ3n) is 3.84. The Morgan fingerprint density at radius 2 is 2.32 bits per heavy atom. The molecule has 1 aliphatic carbocycles. The number of rotatable bonds is 8. The number of aliphatic hydroxyl groups excluding tert-OH is 1. The van der Waals surface area contributed by atoms with Gasteiger partial charge in [0.2, 0.25) is 0 Å². The maximum atomic E-state index is 11.5. The lowest BCUT2D eigenvalue weighted by molar-refractivity contribution is 0.0520. The van der Waals surface area contributed by atoms with Gasteiger partial charge in [-0.2, -0.15) is 0 Å². The molecule has 0 aliphatic heterocycles. The maximum Gasteiger partial charge on any atom is 0.357 e. The van der Waals surface area contributed by atoms with Crippen LogP contribution < -0.4 is 0 Å². The first-order valence-corrected chi connectivity index (χ1v) is 14.3. The van der Waals surface area contributed by atoms with Crippen molar-refractivity contribution in [1.29, 1.82) is 0 Å². The van der Waals surface area contributed by atoms with Crippen LogP contribution in [-0.4, -0.2) is 47.5 Å². The molecule has 4 unspecified atom stereocenters. The molecule has 1 saturated carbocycles. The van der Waals surface area contributed by atoms with E-state index in [1.807, 2.05) is 0 Å². The summed E-state index contributed by atoms with van der Waals surface area (Å²) in [5.74, 6) is 1.26. The van der Waals surface area contributed by atoms with Gasteiger partial charge in [-0.05, 0) is 60.1 Å². The van der Waals surface area contributed by atoms with E-state index in [9.17, 15) is 9.90 Å². The molecule has 5 nitrogen and oxygen atoms in total. The van der Waals surface area contributed by atoms with E-state index in [0.717, 1.165) is 29.4 Å². The van der Waals surface area contributed by atoms with Crippen LogP contribution in [0.1, 0.15) is 36.7 Å². The van der Waals surface area contributed by atoms with Gasteiger partial charge in [-0.3, -0.25) is 0 Å². The highest BCUT2D eigenvalue weighted by atomic mass is 127. The number of carbonyl (C=O) groups excluding carboxylic acids is 1. The van der Waals surface area contributed by atoms with Gasteiger partial charge in [-0.1, -0.05) is 11.8 Å². The molecule has 0 radical (unpaired) electrons. The molecule has 1 aromatic rings. The highest BCUT2D eigenvalue weighted by Gasteiger charge is 2.33. The molecule has 1 fully saturated rings. The van der Waals surface area contributed by atoms with Gasteiger partial charge in [0, 0.05) is 30.2 Å². The fraction of sp³-hybridized carbons (Fsp3) is 0.733. The van der Waals surface area contributed by atoms with Gasteiger partial charge >= 0.3 is 5.97 Å². The molecule has 10 heteroatoms. The van der Waals surface area contributed by atoms with E-state index in [1.54, 1.807) is 31.2 Å². The molecular formula is C15H24ClINO4PS2. The molecular weight excluding hydrogens is 516 g/mol. The van der Waals surface area contributed by atoms with E-state index >= 15 is 0 Å². The number of nitrogens with zero attached hydrogens (tertiary/aromatic N) is 1. The molecule has 0 spiro atoms. The van der Waals surface area contributed by atoms with Crippen molar-refractivity contribution in [3.8, 4) is 0 Å². The predicted molar refractivity (Wildman–Crippen MR) is 116 cm³/mol. The summed E-state index contributed by atoms with van der Waals surface area (Å²) >= 11 is 11.6. The Balaban J connectivity index is 0.000000705. The second-order valence-corrected chi connectivity index (χ2v) is 9.98. The van der Waals surface area contributed by atoms with E-state index in [0.29, 0.717) is 30.6 Å². The van der Waals surface area contributed by atoms with Crippen molar-refractivity contribution in [2.75, 3.05) is 26.1 Å². The molecule has 0 amide bonds. The smallest absolute Gasteiger partial charge is 0.357 e. The fourth-order valence-corrected chi connectivity index (χ4v) is 5.01. The minimum absolute atomic E-state index is 0.175. The second-order valence-electron chi connectivity index (χ2n) is 5.34. The van der Waals surface area contributed by atoms with Gasteiger partial charge in [-0.15, -0.1) is 22.9 Å². The van der Waals surface area contributed by atoms with Gasteiger partial charge in [0.25, 0.3) is 0 Å². The number of esters is 1. The van der Waals surface area contributed by atoms with E-state index in [-0.39, 0.29) is 18.0 Å². The zero-order chi connectivity index (χ0) is 18.7. The van der Waals surface area contributed by atoms with Crippen LogP contribution >= 0.6 is 63.2 Å². The van der Waals surface area contributed by atoms with Crippen LogP contribution in [-0.2, 0) is 9.26 Å². The number of thioether (sulfide) groups is 1. The van der Waals surface area contributed by atoms with Gasteiger partial charge < -0.3 is 14.4 Å². The highest BCUT2D eigenvalue weighted by molar-refractivity contribution is 14.2. The predicted octanol–water partition coefficient (Wildman–Crippen LogP) is 5.00. The van der Waals surface area contributed by atoms with Crippen LogP contribution in [0.3, 0.4) is 0 Å². The summed E-state index contributed by atoms with van der Waals surface area (Å²) in [6.07, 6.45) is 2.98. The van der Waals surface area contributed by atoms with Crippen molar-refractivity contribution in [2.24, 2.45) is 11.8 Å². The molecule has 0 saturated heterocycles. The number of aromatic nitrogens is 1. The number of hydrogen-bond acceptors (Lipinski definition) is 7. The van der Waals surface area contributed by atoms with Crippen molar-refractivity contribution in [1.82, 2.24) is 4.98 Å². The van der Waals surface area contributed by atoms with E-state index in [4.69, 9.17) is 16.3 Å². The van der Waals surface area contributed by atoms with Gasteiger partial charge in [0.1, 0.15) is 0 Å². The van der Waals surface area contributed by atoms with Crippen LogP contribution in [0.5, 0.6) is 0 Å². The van der Waals surface area contributed by atoms with Gasteiger partial charge in [0.05, 0.1) is 13.1 Å². The second kappa shape index (κ2) is 13.9. The van der Waals surface area contributed by atoms with Crippen molar-refractivity contribution < 1.29 is 19.2 Å². The first kappa shape index (κ1) is 23.9. The van der Waals surface area contributed by atoms with Crippen molar-refractivity contribution in [2.45, 2.75) is 35.9 Å². The number of ether oxygens (including phenoxy) is 1. The molecule has 144 valence electrons. The number of carbonyl (C=O) groups is 1. The zero-order valence-corrected chi connectivity index (χ0v) is 19.8. The third-order valence-corrected chi connectivity index (χ3v) is 7.91. The number of thiazole rings is 1. The minimum Gasteiger partial charge on any atom is -0.461 e. The SMILES string of the molecule is CCOC(=O)c1csc(SCCC2C(Cl)CCC2CO)n1.COPI. The molecule has 4 atom stereocenters. The first-order chi connectivity index (χ1) is 12.1. The van der Waals surface area contributed by atoms with E-state index < -0.39 is 0 Å². The first-order valence-electron chi connectivity index (χ1n) is 7.96. The molecule has 1 heterocycles. The quantitative estimate of drug-likeness (QED) is 0.165. The van der Waals surface area contributed by atoms with Crippen LogP contribution in [0.2, 0.25) is 0 Å². The fourth-order valence-electron chi connectivity index (χ4n) is 2.64. The summed E-state index contributed by atoms with van der Waals surface area (Å²) in [5, 5.41) is 11.3. The van der Waals surface area contributed by atoms with Crippen LogP contribution in [0.4, 0.5) is 0 Å².